The van der Waals surface area contributed by atoms with Crippen LogP contribution in [0.2, 0.25) is 0 Å². The quantitative estimate of drug-likeness (QED) is 0.718. The zero-order valence-electron chi connectivity index (χ0n) is 9.08. The zero-order chi connectivity index (χ0) is 11.7. The smallest absolute Gasteiger partial charge is 0.178 e. The van der Waals surface area contributed by atoms with Crippen LogP contribution in [0.5, 0.6) is 0 Å². The first-order chi connectivity index (χ1) is 8.34. The zero-order valence-corrected chi connectivity index (χ0v) is 9.89. The lowest BCUT2D eigenvalue weighted by Gasteiger charge is -2.04. The monoisotopic (exact) mass is 245 g/mol. The number of rotatable bonds is 3. The molecule has 3 aromatic rings. The van der Waals surface area contributed by atoms with E-state index in [4.69, 9.17) is 12.2 Å². The van der Waals surface area contributed by atoms with Crippen LogP contribution in [0.25, 0.3) is 11.0 Å². The summed E-state index contributed by atoms with van der Waals surface area (Å²) >= 11 is 5.30. The van der Waals surface area contributed by atoms with Gasteiger partial charge in [-0.1, -0.05) is 0 Å². The highest BCUT2D eigenvalue weighted by atomic mass is 32.1. The number of hydrogen-bond donors (Lipinski definition) is 1. The normalized spacial score (nSPS) is 11.1. The fourth-order valence-electron chi connectivity index (χ4n) is 1.87. The van der Waals surface area contributed by atoms with Gasteiger partial charge in [0.2, 0.25) is 0 Å². The van der Waals surface area contributed by atoms with E-state index in [1.54, 1.807) is 18.6 Å². The van der Waals surface area contributed by atoms with E-state index in [0.29, 0.717) is 0 Å². The lowest BCUT2D eigenvalue weighted by molar-refractivity contribution is 0.538. The van der Waals surface area contributed by atoms with Gasteiger partial charge >= 0.3 is 0 Å². The molecule has 0 fully saturated rings. The molecule has 0 radical (unpaired) electrons. The van der Waals surface area contributed by atoms with Crippen molar-refractivity contribution >= 4 is 23.3 Å². The third-order valence-electron chi connectivity index (χ3n) is 2.69. The number of nitrogens with one attached hydrogen (secondary N) is 1. The van der Waals surface area contributed by atoms with Crippen LogP contribution in [0.15, 0.2) is 36.9 Å². The minimum absolute atomic E-state index is 0.722. The topological polar surface area (TPSA) is 51.4 Å². The molecule has 0 spiro atoms. The molecule has 6 heteroatoms. The molecule has 0 saturated heterocycles. The second kappa shape index (κ2) is 4.14. The number of nitrogens with zero attached hydrogens (tertiary/aromatic N) is 4. The number of aromatic amines is 1. The summed E-state index contributed by atoms with van der Waals surface area (Å²) in [5, 5.41) is 4.17. The number of pyridine rings is 1. The average molecular weight is 245 g/mol. The maximum absolute atomic E-state index is 5.30. The molecular weight excluding hydrogens is 234 g/mol. The Balaban J connectivity index is 1.94. The Labute approximate surface area is 103 Å². The molecule has 17 heavy (non-hydrogen) atoms. The third-order valence-corrected chi connectivity index (χ3v) is 3.01. The van der Waals surface area contributed by atoms with Gasteiger partial charge in [-0.2, -0.15) is 5.10 Å². The van der Waals surface area contributed by atoms with Crippen LogP contribution in [0.1, 0.15) is 0 Å². The van der Waals surface area contributed by atoms with E-state index < -0.39 is 0 Å². The van der Waals surface area contributed by atoms with Crippen LogP contribution in [0.4, 0.5) is 0 Å². The molecule has 0 bridgehead atoms. The molecule has 0 aliphatic carbocycles. The Hall–Kier alpha value is -1.95. The van der Waals surface area contributed by atoms with Gasteiger partial charge in [0.25, 0.3) is 0 Å². The van der Waals surface area contributed by atoms with Crippen LogP contribution >= 0.6 is 12.2 Å². The second-order valence-corrected chi connectivity index (χ2v) is 4.13. The van der Waals surface area contributed by atoms with Crippen LogP contribution in [-0.4, -0.2) is 24.3 Å². The van der Waals surface area contributed by atoms with Crippen molar-refractivity contribution in [1.29, 1.82) is 0 Å². The molecule has 5 nitrogen and oxygen atoms in total. The maximum atomic E-state index is 5.30. The van der Waals surface area contributed by atoms with Gasteiger partial charge in [-0.05, 0) is 24.4 Å². The number of aryl methyl sites for hydroxylation is 2. The number of H-pyrrole nitrogens is 1. The van der Waals surface area contributed by atoms with Crippen LogP contribution in [-0.2, 0) is 13.1 Å². The molecule has 86 valence electrons. The van der Waals surface area contributed by atoms with Crippen molar-refractivity contribution in [2.24, 2.45) is 0 Å². The summed E-state index contributed by atoms with van der Waals surface area (Å²) in [5.41, 5.74) is 2.05. The summed E-state index contributed by atoms with van der Waals surface area (Å²) in [7, 11) is 0. The molecule has 3 aromatic heterocycles. The molecule has 0 saturated carbocycles. The first-order valence-electron chi connectivity index (χ1n) is 5.34. The Morgan fingerprint density at radius 2 is 2.24 bits per heavy atom. The summed E-state index contributed by atoms with van der Waals surface area (Å²) in [6.07, 6.45) is 7.28. The largest absolute Gasteiger partial charge is 0.329 e. The average Bonchev–Trinajstić information content (AvgIpc) is 2.93. The van der Waals surface area contributed by atoms with Crippen molar-refractivity contribution in [2.45, 2.75) is 13.1 Å². The molecule has 1 N–H and O–H groups in total. The van der Waals surface area contributed by atoms with Crippen molar-refractivity contribution in [3.8, 4) is 0 Å². The van der Waals surface area contributed by atoms with Gasteiger partial charge in [0, 0.05) is 25.1 Å². The number of hydrogen-bond acceptors (Lipinski definition) is 3. The van der Waals surface area contributed by atoms with Crippen LogP contribution < -0.4 is 0 Å². The molecule has 3 heterocycles. The van der Waals surface area contributed by atoms with Gasteiger partial charge < -0.3 is 9.55 Å². The van der Waals surface area contributed by atoms with E-state index in [0.717, 1.165) is 28.9 Å². The number of fused-ring (bicyclic) bond motifs is 1. The molecular formula is C11H11N5S. The van der Waals surface area contributed by atoms with E-state index in [2.05, 4.69) is 19.6 Å². The van der Waals surface area contributed by atoms with Crippen molar-refractivity contribution in [3.05, 3.63) is 41.7 Å². The van der Waals surface area contributed by atoms with E-state index in [-0.39, 0.29) is 0 Å². The summed E-state index contributed by atoms with van der Waals surface area (Å²) in [6.45, 7) is 1.60. The first-order valence-corrected chi connectivity index (χ1v) is 5.75. The highest BCUT2D eigenvalue weighted by molar-refractivity contribution is 7.71. The molecule has 3 rings (SSSR count). The number of aromatic nitrogens is 5. The molecule has 0 aromatic carbocycles. The summed E-state index contributed by atoms with van der Waals surface area (Å²) < 4.78 is 4.68. The molecule has 0 amide bonds. The predicted octanol–water partition coefficient (Wildman–Crippen LogP) is 1.99. The highest BCUT2D eigenvalue weighted by Crippen LogP contribution is 2.12. The summed E-state index contributed by atoms with van der Waals surface area (Å²) in [4.78, 5) is 7.21. The van der Waals surface area contributed by atoms with Crippen molar-refractivity contribution < 1.29 is 0 Å². The fraction of sp³-hybridized carbons (Fsp3) is 0.182. The minimum Gasteiger partial charge on any atom is -0.329 e. The van der Waals surface area contributed by atoms with E-state index in [9.17, 15) is 0 Å². The van der Waals surface area contributed by atoms with Gasteiger partial charge in [0.1, 0.15) is 0 Å². The summed E-state index contributed by atoms with van der Waals surface area (Å²) in [5.74, 6) is 0. The van der Waals surface area contributed by atoms with E-state index in [1.807, 2.05) is 23.0 Å². The Morgan fingerprint density at radius 1 is 1.29 bits per heavy atom. The van der Waals surface area contributed by atoms with Gasteiger partial charge in [0.05, 0.1) is 23.8 Å². The van der Waals surface area contributed by atoms with Gasteiger partial charge in [-0.25, -0.2) is 0 Å². The second-order valence-electron chi connectivity index (χ2n) is 3.74. The standard InChI is InChI=1S/C11H11N5S/c17-11-14-9-8-12-4-2-10(9)16(11)7-6-15-5-1-3-13-15/h1-5,8H,6-7H2,(H,14,17). The lowest BCUT2D eigenvalue weighted by atomic mass is 10.4. The first kappa shape index (κ1) is 10.2. The van der Waals surface area contributed by atoms with E-state index >= 15 is 0 Å². The molecule has 0 aliphatic heterocycles. The Morgan fingerprint density at radius 3 is 3.06 bits per heavy atom. The molecule has 0 atom stereocenters. The van der Waals surface area contributed by atoms with Gasteiger partial charge in [0.15, 0.2) is 4.77 Å². The fourth-order valence-corrected chi connectivity index (χ4v) is 2.17. The predicted molar refractivity (Wildman–Crippen MR) is 67.1 cm³/mol. The molecule has 0 unspecified atom stereocenters. The summed E-state index contributed by atoms with van der Waals surface area (Å²) in [6, 6.07) is 3.88. The van der Waals surface area contributed by atoms with Crippen LogP contribution in [0.3, 0.4) is 0 Å². The Bertz CT molecular complexity index is 679. The van der Waals surface area contributed by atoms with Crippen LogP contribution in [0, 0.1) is 4.77 Å². The maximum Gasteiger partial charge on any atom is 0.178 e. The SMILES string of the molecule is S=c1[nH]c2cnccc2n1CCn1cccn1. The third kappa shape index (κ3) is 1.87. The molecule has 0 aliphatic rings. The van der Waals surface area contributed by atoms with Crippen molar-refractivity contribution in [1.82, 2.24) is 24.3 Å². The van der Waals surface area contributed by atoms with E-state index in [1.165, 1.54) is 0 Å². The minimum atomic E-state index is 0.722. The highest BCUT2D eigenvalue weighted by Gasteiger charge is 2.03. The van der Waals surface area contributed by atoms with Crippen molar-refractivity contribution in [2.75, 3.05) is 0 Å². The number of imidazole rings is 1. The van der Waals surface area contributed by atoms with Gasteiger partial charge in [-0.15, -0.1) is 0 Å². The lowest BCUT2D eigenvalue weighted by Crippen LogP contribution is -2.07. The van der Waals surface area contributed by atoms with Crippen molar-refractivity contribution in [3.63, 3.8) is 0 Å². The Kier molecular flexibility index (Phi) is 2.49. The van der Waals surface area contributed by atoms with Gasteiger partial charge in [-0.3, -0.25) is 9.67 Å².